The number of nitrogens with two attached hydrogens (primary N) is 1. The van der Waals surface area contributed by atoms with E-state index in [1.165, 1.54) is 16.9 Å². The van der Waals surface area contributed by atoms with Crippen LogP contribution in [0.2, 0.25) is 0 Å². The van der Waals surface area contributed by atoms with Crippen molar-refractivity contribution in [1.82, 2.24) is 9.97 Å². The average Bonchev–Trinajstić information content (AvgIpc) is 3.27. The Kier molecular flexibility index (Phi) is 4.47. The zero-order valence-corrected chi connectivity index (χ0v) is 15.0. The summed E-state index contributed by atoms with van der Waals surface area (Å²) in [6.07, 6.45) is 0.893. The van der Waals surface area contributed by atoms with E-state index in [2.05, 4.69) is 27.4 Å². The third-order valence-corrected chi connectivity index (χ3v) is 4.92. The number of hydrogen-bond donors (Lipinski definition) is 3. The number of hydrogen-bond acceptors (Lipinski definition) is 6. The van der Waals surface area contributed by atoms with Gasteiger partial charge in [0.1, 0.15) is 0 Å². The number of rotatable bonds is 6. The predicted octanol–water partition coefficient (Wildman–Crippen LogP) is 3.00. The van der Waals surface area contributed by atoms with E-state index < -0.39 is 11.7 Å². The summed E-state index contributed by atoms with van der Waals surface area (Å²) < 4.78 is 5.01. The molecule has 7 nitrogen and oxygen atoms in total. The number of aromatic amines is 1. The van der Waals surface area contributed by atoms with Crippen molar-refractivity contribution in [3.05, 3.63) is 69.5 Å². The van der Waals surface area contributed by atoms with Crippen molar-refractivity contribution < 1.29 is 9.21 Å². The number of carbonyl (C=O) groups is 1. The molecule has 0 radical (unpaired) electrons. The minimum absolute atomic E-state index is 0.146. The van der Waals surface area contributed by atoms with Crippen LogP contribution in [0, 0.1) is 0 Å². The van der Waals surface area contributed by atoms with Crippen LogP contribution in [0.15, 0.2) is 57.1 Å². The van der Waals surface area contributed by atoms with Crippen molar-refractivity contribution in [3.63, 3.8) is 0 Å². The molecule has 0 unspecified atom stereocenters. The Labute approximate surface area is 157 Å². The van der Waals surface area contributed by atoms with E-state index in [1.54, 1.807) is 12.1 Å². The number of anilines is 1. The van der Waals surface area contributed by atoms with Gasteiger partial charge in [-0.15, -0.1) is 11.3 Å². The van der Waals surface area contributed by atoms with Crippen LogP contribution in [-0.2, 0) is 6.42 Å². The Hall–Kier alpha value is -3.39. The van der Waals surface area contributed by atoms with Gasteiger partial charge in [-0.2, -0.15) is 0 Å². The van der Waals surface area contributed by atoms with Gasteiger partial charge in [0.25, 0.3) is 5.91 Å². The lowest BCUT2D eigenvalue weighted by atomic mass is 10.1. The van der Waals surface area contributed by atoms with Gasteiger partial charge in [0.05, 0.1) is 16.8 Å². The van der Waals surface area contributed by atoms with Crippen molar-refractivity contribution in [2.75, 3.05) is 11.9 Å². The Balaban J connectivity index is 1.56. The lowest BCUT2D eigenvalue weighted by molar-refractivity contribution is 0.100. The first-order valence-electron chi connectivity index (χ1n) is 8.30. The zero-order chi connectivity index (χ0) is 18.8. The van der Waals surface area contributed by atoms with E-state index in [9.17, 15) is 9.59 Å². The van der Waals surface area contributed by atoms with Crippen LogP contribution < -0.4 is 16.8 Å². The van der Waals surface area contributed by atoms with Crippen molar-refractivity contribution in [1.29, 1.82) is 0 Å². The smallest absolute Gasteiger partial charge is 0.407 e. The Bertz CT molecular complexity index is 1160. The topological polar surface area (TPSA) is 114 Å². The largest absolute Gasteiger partial charge is 0.417 e. The predicted molar refractivity (Wildman–Crippen MR) is 105 cm³/mol. The number of nitrogens with zero attached hydrogens (tertiary/aromatic N) is 1. The van der Waals surface area contributed by atoms with E-state index in [0.29, 0.717) is 16.8 Å². The first kappa shape index (κ1) is 17.0. The molecular formula is C19H16N4O3S. The maximum Gasteiger partial charge on any atom is 0.417 e. The van der Waals surface area contributed by atoms with Gasteiger partial charge in [0.15, 0.2) is 10.7 Å². The highest BCUT2D eigenvalue weighted by atomic mass is 32.1. The fourth-order valence-electron chi connectivity index (χ4n) is 2.84. The van der Waals surface area contributed by atoms with Gasteiger partial charge in [0, 0.05) is 17.5 Å². The van der Waals surface area contributed by atoms with Crippen LogP contribution in [0.5, 0.6) is 0 Å². The molecule has 2 heterocycles. The Morgan fingerprint density at radius 2 is 2.07 bits per heavy atom. The van der Waals surface area contributed by atoms with Crippen LogP contribution in [0.3, 0.4) is 0 Å². The molecule has 27 heavy (non-hydrogen) atoms. The third-order valence-electron chi connectivity index (χ3n) is 4.12. The highest BCUT2D eigenvalue weighted by molar-refractivity contribution is 7.14. The number of carbonyl (C=O) groups excluding carboxylic acids is 1. The molecule has 0 saturated heterocycles. The number of aromatic nitrogens is 2. The summed E-state index contributed by atoms with van der Waals surface area (Å²) in [5.74, 6) is -1.30. The normalized spacial score (nSPS) is 11.0. The van der Waals surface area contributed by atoms with Gasteiger partial charge in [-0.25, -0.2) is 9.78 Å². The number of H-pyrrole nitrogens is 1. The summed E-state index contributed by atoms with van der Waals surface area (Å²) in [7, 11) is 0. The molecule has 0 aliphatic heterocycles. The number of oxazole rings is 1. The number of benzene rings is 2. The molecule has 0 fully saturated rings. The van der Waals surface area contributed by atoms with E-state index >= 15 is 0 Å². The second-order valence-electron chi connectivity index (χ2n) is 5.98. The SMILES string of the molecule is NC(=O)c1cc(-c2csc(NCCc3ccccc3)n2)cc2[nH]c(=O)oc12. The van der Waals surface area contributed by atoms with E-state index in [4.69, 9.17) is 10.2 Å². The van der Waals surface area contributed by atoms with Gasteiger partial charge >= 0.3 is 5.76 Å². The van der Waals surface area contributed by atoms with Crippen molar-refractivity contribution >= 4 is 33.5 Å². The summed E-state index contributed by atoms with van der Waals surface area (Å²) in [5.41, 5.74) is 8.76. The van der Waals surface area contributed by atoms with Gasteiger partial charge in [-0.05, 0) is 24.1 Å². The fraction of sp³-hybridized carbons (Fsp3) is 0.105. The summed E-state index contributed by atoms with van der Waals surface area (Å²) in [4.78, 5) is 30.3. The highest BCUT2D eigenvalue weighted by Gasteiger charge is 2.16. The molecule has 1 amide bonds. The number of thiazole rings is 1. The fourth-order valence-corrected chi connectivity index (χ4v) is 3.59. The van der Waals surface area contributed by atoms with Crippen LogP contribution >= 0.6 is 11.3 Å². The average molecular weight is 380 g/mol. The zero-order valence-electron chi connectivity index (χ0n) is 14.2. The molecule has 2 aromatic heterocycles. The van der Waals surface area contributed by atoms with Crippen LogP contribution in [0.1, 0.15) is 15.9 Å². The lowest BCUT2D eigenvalue weighted by Gasteiger charge is -2.03. The van der Waals surface area contributed by atoms with Gasteiger partial charge in [-0.1, -0.05) is 30.3 Å². The minimum atomic E-state index is -0.666. The van der Waals surface area contributed by atoms with Crippen molar-refractivity contribution in [3.8, 4) is 11.3 Å². The van der Waals surface area contributed by atoms with Crippen LogP contribution in [0.25, 0.3) is 22.4 Å². The molecule has 136 valence electrons. The quantitative estimate of drug-likeness (QED) is 0.476. The number of amides is 1. The molecule has 0 bridgehead atoms. The van der Waals surface area contributed by atoms with Gasteiger partial charge in [0.2, 0.25) is 0 Å². The molecule has 0 aliphatic rings. The third kappa shape index (κ3) is 3.61. The van der Waals surface area contributed by atoms with E-state index in [1.807, 2.05) is 23.6 Å². The van der Waals surface area contributed by atoms with Gasteiger partial charge in [-0.3, -0.25) is 9.78 Å². The molecule has 4 rings (SSSR count). The van der Waals surface area contributed by atoms with Crippen molar-refractivity contribution in [2.45, 2.75) is 6.42 Å². The first-order chi connectivity index (χ1) is 13.1. The maximum atomic E-state index is 11.7. The molecule has 0 saturated carbocycles. The van der Waals surface area contributed by atoms with Gasteiger partial charge < -0.3 is 15.5 Å². The first-order valence-corrected chi connectivity index (χ1v) is 9.18. The highest BCUT2D eigenvalue weighted by Crippen LogP contribution is 2.29. The molecule has 4 N–H and O–H groups in total. The minimum Gasteiger partial charge on any atom is -0.407 e. The van der Waals surface area contributed by atoms with Crippen LogP contribution in [-0.4, -0.2) is 22.4 Å². The summed E-state index contributed by atoms with van der Waals surface area (Å²) >= 11 is 1.47. The molecule has 0 atom stereocenters. The number of fused-ring (bicyclic) bond motifs is 1. The second kappa shape index (κ2) is 7.08. The molecule has 2 aromatic carbocycles. The lowest BCUT2D eigenvalue weighted by Crippen LogP contribution is -2.11. The molecule has 4 aromatic rings. The Morgan fingerprint density at radius 3 is 2.85 bits per heavy atom. The molecule has 0 aliphatic carbocycles. The molecule has 0 spiro atoms. The monoisotopic (exact) mass is 380 g/mol. The molecule has 8 heteroatoms. The summed E-state index contributed by atoms with van der Waals surface area (Å²) in [5, 5.41) is 5.97. The van der Waals surface area contributed by atoms with Crippen molar-refractivity contribution in [2.24, 2.45) is 5.73 Å². The standard InChI is InChI=1S/C19H16N4O3S/c20-17(24)13-8-12(9-14-16(13)26-19(25)23-14)15-10-27-18(22-15)21-7-6-11-4-2-1-3-5-11/h1-5,8-10H,6-7H2,(H2,20,24)(H,21,22)(H,23,25). The number of nitrogens with one attached hydrogen (secondary N) is 2. The Morgan fingerprint density at radius 1 is 1.26 bits per heavy atom. The maximum absolute atomic E-state index is 11.7. The second-order valence-corrected chi connectivity index (χ2v) is 6.84. The summed E-state index contributed by atoms with van der Waals surface area (Å²) in [6.45, 7) is 0.761. The number of primary amides is 1. The van der Waals surface area contributed by atoms with E-state index in [0.717, 1.165) is 18.1 Å². The van der Waals surface area contributed by atoms with E-state index in [-0.39, 0.29) is 11.1 Å². The van der Waals surface area contributed by atoms with Crippen LogP contribution in [0.4, 0.5) is 5.13 Å². The molecular weight excluding hydrogens is 364 g/mol. The summed E-state index contributed by atoms with van der Waals surface area (Å²) in [6, 6.07) is 13.5.